The van der Waals surface area contributed by atoms with Gasteiger partial charge in [-0.2, -0.15) is 0 Å². The number of ketones is 1. The summed E-state index contributed by atoms with van der Waals surface area (Å²) in [5.41, 5.74) is 0. The first-order valence-electron chi connectivity index (χ1n) is 21.2. The molecule has 0 spiro atoms. The molecule has 0 aromatic carbocycles. The molecule has 0 saturated heterocycles. The van der Waals surface area contributed by atoms with E-state index in [0.717, 1.165) is 83.5 Å². The molecule has 0 rings (SSSR count). The number of carboxylic acids is 1. The number of hydrogen-bond donors (Lipinski definition) is 8. The van der Waals surface area contributed by atoms with Gasteiger partial charge in [-0.25, -0.2) is 4.79 Å². The van der Waals surface area contributed by atoms with Crippen LogP contribution in [0, 0.1) is 47.9 Å². The summed E-state index contributed by atoms with van der Waals surface area (Å²) >= 11 is 0. The Hall–Kier alpha value is -3.42. The third-order valence-corrected chi connectivity index (χ3v) is 9.42. The van der Waals surface area contributed by atoms with Gasteiger partial charge in [0.05, 0.1) is 24.4 Å². The highest BCUT2D eigenvalue weighted by molar-refractivity contribution is 5.86. The number of aliphatic carboxylic acids is 1. The van der Waals surface area contributed by atoms with Crippen molar-refractivity contribution in [2.45, 2.75) is 210 Å². The summed E-state index contributed by atoms with van der Waals surface area (Å²) < 4.78 is 0. The molecule has 7 atom stereocenters. The molecule has 0 aromatic heterocycles. The number of hydrogen-bond acceptors (Lipinski definition) is 9. The molecule has 0 amide bonds. The Morgan fingerprint density at radius 1 is 0.561 bits per heavy atom. The van der Waals surface area contributed by atoms with Crippen molar-refractivity contribution in [3.05, 3.63) is 24.3 Å². The van der Waals surface area contributed by atoms with Crippen molar-refractivity contribution in [1.82, 2.24) is 0 Å². The van der Waals surface area contributed by atoms with Crippen LogP contribution in [0.3, 0.4) is 0 Å². The van der Waals surface area contributed by atoms with Crippen LogP contribution in [0.4, 0.5) is 0 Å². The van der Waals surface area contributed by atoms with Crippen molar-refractivity contribution in [2.75, 3.05) is 0 Å². The van der Waals surface area contributed by atoms with Crippen molar-refractivity contribution < 1.29 is 50.4 Å². The molecule has 57 heavy (non-hydrogen) atoms. The van der Waals surface area contributed by atoms with E-state index < -0.39 is 48.7 Å². The van der Waals surface area contributed by atoms with E-state index in [1.54, 1.807) is 0 Å². The van der Waals surface area contributed by atoms with E-state index in [4.69, 9.17) is 11.5 Å². The van der Waals surface area contributed by atoms with Crippen molar-refractivity contribution in [3.63, 3.8) is 0 Å². The van der Waals surface area contributed by atoms with Gasteiger partial charge in [0.15, 0.2) is 6.10 Å². The number of carbonyl (C=O) groups excluding carboxylic acids is 1. The number of carbonyl (C=O) groups is 2. The number of carboxylic acid groups (broad SMARTS) is 1. The summed E-state index contributed by atoms with van der Waals surface area (Å²) in [4.78, 5) is 22.6. The normalized spacial score (nSPS) is 14.8. The van der Waals surface area contributed by atoms with Crippen LogP contribution >= 0.6 is 0 Å². The maximum absolute atomic E-state index is 12.2. The van der Waals surface area contributed by atoms with E-state index in [0.29, 0.717) is 44.9 Å². The van der Waals surface area contributed by atoms with Crippen LogP contribution in [0.1, 0.15) is 167 Å². The number of rotatable bonds is 33. The van der Waals surface area contributed by atoms with E-state index in [2.05, 4.69) is 41.6 Å². The van der Waals surface area contributed by atoms with Crippen LogP contribution in [-0.4, -0.2) is 95.3 Å². The predicted octanol–water partition coefficient (Wildman–Crippen LogP) is 6.06. The third kappa shape index (κ3) is 37.9. The molecule has 0 radical (unpaired) electrons. The molecule has 8 N–H and O–H groups in total. The number of unbranched alkanes of at least 4 members (excludes halogenated alkanes) is 15. The van der Waals surface area contributed by atoms with E-state index in [1.807, 2.05) is 12.0 Å². The van der Waals surface area contributed by atoms with Gasteiger partial charge in [-0.3, -0.25) is 4.79 Å². The minimum atomic E-state index is -1.32. The first-order chi connectivity index (χ1) is 27.4. The van der Waals surface area contributed by atoms with Crippen LogP contribution in [-0.2, 0) is 9.59 Å². The van der Waals surface area contributed by atoms with Gasteiger partial charge < -0.3 is 40.9 Å². The average molecular weight is 797 g/mol. The van der Waals surface area contributed by atoms with Gasteiger partial charge in [-0.15, -0.1) is 6.42 Å². The second-order valence-electron chi connectivity index (χ2n) is 14.8. The van der Waals surface area contributed by atoms with E-state index in [9.17, 15) is 45.3 Å². The lowest BCUT2D eigenvalue weighted by Gasteiger charge is -2.12. The topological polar surface area (TPSA) is 196 Å². The van der Waals surface area contributed by atoms with Gasteiger partial charge in [0.1, 0.15) is 18.0 Å². The maximum atomic E-state index is 12.2. The molecule has 0 fully saturated rings. The Balaban J connectivity index is 3.68. The lowest BCUT2D eigenvalue weighted by atomic mass is 10.0. The smallest absolute Gasteiger partial charge is 0.381 e. The van der Waals surface area contributed by atoms with Gasteiger partial charge >= 0.3 is 5.97 Å². The highest BCUT2D eigenvalue weighted by Crippen LogP contribution is 2.15. The Bertz CT molecular complexity index is 1330. The second kappa shape index (κ2) is 38.1. The molecular weight excluding hydrogens is 725 g/mol. The summed E-state index contributed by atoms with van der Waals surface area (Å²) in [6, 6.07) is 0. The van der Waals surface area contributed by atoms with Crippen LogP contribution in [0.2, 0.25) is 0 Å². The number of Topliss-reactive ketones (excluding diaryl/α,β-unsaturated/α-hetero) is 1. The summed E-state index contributed by atoms with van der Waals surface area (Å²) in [5.74, 6) is 16.0. The number of allylic oxidation sites excluding steroid dienone is 1. The van der Waals surface area contributed by atoms with Crippen molar-refractivity contribution in [3.8, 4) is 47.9 Å². The quantitative estimate of drug-likeness (QED) is 0.0220. The molecule has 0 aliphatic heterocycles. The predicted molar refractivity (Wildman–Crippen MR) is 225 cm³/mol. The zero-order chi connectivity index (χ0) is 42.4. The first-order valence-corrected chi connectivity index (χ1v) is 21.2. The Kier molecular flexibility index (Phi) is 35.8. The zero-order valence-electron chi connectivity index (χ0n) is 34.2. The summed E-state index contributed by atoms with van der Waals surface area (Å²) in [6.45, 7) is 0. The standard InChI is InChI=1S/C47H72O10/c1-2-39(48)35-36-44(53)33-24-32-43(52)31-23-30-42(51)29-21-16-15-20-28-41(50)27-19-13-10-12-18-26-40(49)25-17-11-8-6-4-3-5-7-9-14-22-34-45(54)46(55)37-38-47(56)57/h1,18,26,35-36,39-40,42-46,48-49,51-55H,3-17,19-20,22,24-25,27-28,31-34H2,(H,56,57). The van der Waals surface area contributed by atoms with Gasteiger partial charge in [-0.1, -0.05) is 131 Å². The number of aliphatic hydroxyl groups is 7. The molecule has 0 aromatic rings. The van der Waals surface area contributed by atoms with Crippen LogP contribution in [0.25, 0.3) is 0 Å². The average Bonchev–Trinajstić information content (AvgIpc) is 3.18. The van der Waals surface area contributed by atoms with Gasteiger partial charge in [-0.05, 0) is 70.3 Å². The Morgan fingerprint density at radius 3 is 1.74 bits per heavy atom. The fraction of sp³-hybridized carbons (Fsp3) is 0.702. The lowest BCUT2D eigenvalue weighted by molar-refractivity contribution is -0.130. The number of terminal acetylenes is 1. The van der Waals surface area contributed by atoms with E-state index in [-0.39, 0.29) is 12.2 Å². The minimum Gasteiger partial charge on any atom is -0.472 e. The lowest BCUT2D eigenvalue weighted by Crippen LogP contribution is -2.24. The summed E-state index contributed by atoms with van der Waals surface area (Å²) in [5, 5.41) is 77.2. The molecule has 320 valence electrons. The highest BCUT2D eigenvalue weighted by atomic mass is 16.4. The Morgan fingerprint density at radius 2 is 1.11 bits per heavy atom. The maximum Gasteiger partial charge on any atom is 0.381 e. The first kappa shape index (κ1) is 53.6. The molecule has 10 nitrogen and oxygen atoms in total. The van der Waals surface area contributed by atoms with Crippen LogP contribution in [0.15, 0.2) is 24.3 Å². The third-order valence-electron chi connectivity index (χ3n) is 9.42. The van der Waals surface area contributed by atoms with Crippen molar-refractivity contribution >= 4 is 11.8 Å². The fourth-order valence-corrected chi connectivity index (χ4v) is 5.99. The molecular formula is C47H72O10. The van der Waals surface area contributed by atoms with Crippen molar-refractivity contribution in [1.29, 1.82) is 0 Å². The summed E-state index contributed by atoms with van der Waals surface area (Å²) in [6.07, 6.45) is 27.4. The van der Waals surface area contributed by atoms with Crippen molar-refractivity contribution in [2.24, 2.45) is 0 Å². The molecule has 0 bridgehead atoms. The van der Waals surface area contributed by atoms with Crippen LogP contribution in [0.5, 0.6) is 0 Å². The zero-order valence-corrected chi connectivity index (χ0v) is 34.2. The Labute approximate surface area is 343 Å². The number of aliphatic hydroxyl groups excluding tert-OH is 7. The molecule has 0 aliphatic carbocycles. The molecule has 0 heterocycles. The van der Waals surface area contributed by atoms with Gasteiger partial charge in [0.2, 0.25) is 0 Å². The molecule has 0 saturated carbocycles. The monoisotopic (exact) mass is 797 g/mol. The summed E-state index contributed by atoms with van der Waals surface area (Å²) in [7, 11) is 0. The second-order valence-corrected chi connectivity index (χ2v) is 14.8. The highest BCUT2D eigenvalue weighted by Gasteiger charge is 2.13. The molecule has 7 unspecified atom stereocenters. The van der Waals surface area contributed by atoms with Gasteiger partial charge in [0, 0.05) is 31.6 Å². The molecule has 0 aliphatic rings. The SMILES string of the molecule is C#CC(O)C=CC(O)CCCC(O)CC#CC(O)C#CCCCCC(=O)CCCCCC=CC(O)CCCCCCCCCCCCCC(O)C(O)C#CC(=O)O. The minimum absolute atomic E-state index is 0.195. The molecule has 10 heteroatoms. The largest absolute Gasteiger partial charge is 0.472 e. The fourth-order valence-electron chi connectivity index (χ4n) is 5.99. The van der Waals surface area contributed by atoms with E-state index in [1.165, 1.54) is 44.3 Å². The van der Waals surface area contributed by atoms with E-state index >= 15 is 0 Å². The van der Waals surface area contributed by atoms with Gasteiger partial charge in [0.25, 0.3) is 0 Å². The van der Waals surface area contributed by atoms with Crippen LogP contribution < -0.4 is 0 Å².